The lowest BCUT2D eigenvalue weighted by atomic mass is 10.1. The molecule has 3 N–H and O–H groups in total. The Morgan fingerprint density at radius 1 is 1.59 bits per heavy atom. The highest BCUT2D eigenvalue weighted by molar-refractivity contribution is 7.09. The Bertz CT molecular complexity index is 520. The summed E-state index contributed by atoms with van der Waals surface area (Å²) in [7, 11) is 0. The first-order valence-corrected chi connectivity index (χ1v) is 8.21. The van der Waals surface area contributed by atoms with Crippen LogP contribution in [0, 0.1) is 0 Å². The maximum atomic E-state index is 12.2. The number of hydrogen-bond acceptors (Lipinski definition) is 6. The number of aromatic nitrogens is 1. The van der Waals surface area contributed by atoms with Crippen molar-refractivity contribution in [1.82, 2.24) is 10.3 Å². The average molecular weight is 327 g/mol. The first-order valence-electron chi connectivity index (χ1n) is 7.33. The van der Waals surface area contributed by atoms with Crippen LogP contribution in [0.25, 0.3) is 0 Å². The quantitative estimate of drug-likeness (QED) is 0.758. The summed E-state index contributed by atoms with van der Waals surface area (Å²) in [6.07, 6.45) is 2.19. The maximum absolute atomic E-state index is 12.2. The monoisotopic (exact) mass is 327 g/mol. The van der Waals surface area contributed by atoms with Gasteiger partial charge in [0.25, 0.3) is 5.91 Å². The second kappa shape index (κ2) is 8.21. The number of thiazole rings is 1. The van der Waals surface area contributed by atoms with E-state index in [9.17, 15) is 9.59 Å². The molecule has 0 saturated carbocycles. The SMILES string of the molecule is CCCc1nc(C(=O)N[C@@H]2COCC[C@@H]2OCC(N)=O)cs1. The van der Waals surface area contributed by atoms with Crippen molar-refractivity contribution in [2.45, 2.75) is 38.3 Å². The Kier molecular flexibility index (Phi) is 6.29. The largest absolute Gasteiger partial charge is 0.379 e. The number of nitrogens with one attached hydrogen (secondary N) is 1. The van der Waals surface area contributed by atoms with Crippen molar-refractivity contribution in [1.29, 1.82) is 0 Å². The molecule has 2 rings (SSSR count). The van der Waals surface area contributed by atoms with Crippen LogP contribution in [0.5, 0.6) is 0 Å². The van der Waals surface area contributed by atoms with Crippen molar-refractivity contribution in [3.8, 4) is 0 Å². The van der Waals surface area contributed by atoms with Gasteiger partial charge in [-0.3, -0.25) is 9.59 Å². The Morgan fingerprint density at radius 2 is 2.41 bits per heavy atom. The van der Waals surface area contributed by atoms with Gasteiger partial charge in [0.2, 0.25) is 5.91 Å². The van der Waals surface area contributed by atoms with E-state index in [-0.39, 0.29) is 24.7 Å². The molecule has 22 heavy (non-hydrogen) atoms. The van der Waals surface area contributed by atoms with Gasteiger partial charge < -0.3 is 20.5 Å². The molecular weight excluding hydrogens is 306 g/mol. The number of ether oxygens (including phenoxy) is 2. The van der Waals surface area contributed by atoms with Gasteiger partial charge in [0.1, 0.15) is 12.3 Å². The van der Waals surface area contributed by atoms with Crippen LogP contribution in [0.2, 0.25) is 0 Å². The van der Waals surface area contributed by atoms with Gasteiger partial charge in [-0.25, -0.2) is 4.98 Å². The number of nitrogens with two attached hydrogens (primary N) is 1. The molecule has 1 aliphatic rings. The first-order chi connectivity index (χ1) is 10.6. The van der Waals surface area contributed by atoms with Crippen LogP contribution in [0.3, 0.4) is 0 Å². The molecule has 1 aromatic heterocycles. The second-order valence-electron chi connectivity index (χ2n) is 5.14. The summed E-state index contributed by atoms with van der Waals surface area (Å²) in [5.74, 6) is -0.776. The van der Waals surface area contributed by atoms with E-state index in [1.165, 1.54) is 11.3 Å². The third-order valence-electron chi connectivity index (χ3n) is 3.30. The van der Waals surface area contributed by atoms with Crippen LogP contribution in [0.1, 0.15) is 35.3 Å². The van der Waals surface area contributed by atoms with Gasteiger partial charge in [0.05, 0.1) is 23.8 Å². The summed E-state index contributed by atoms with van der Waals surface area (Å²) in [4.78, 5) is 27.4. The third kappa shape index (κ3) is 4.75. The zero-order valence-corrected chi connectivity index (χ0v) is 13.4. The standard InChI is InChI=1S/C14H21N3O4S/c1-2-3-13-16-10(8-22-13)14(19)17-9-6-20-5-4-11(9)21-7-12(15)18/h8-9,11H,2-7H2,1H3,(H2,15,18)(H,17,19)/t9-,11+/m1/s1. The van der Waals surface area contributed by atoms with Crippen molar-refractivity contribution in [3.05, 3.63) is 16.1 Å². The lowest BCUT2D eigenvalue weighted by Crippen LogP contribution is -2.51. The van der Waals surface area contributed by atoms with Crippen LogP contribution >= 0.6 is 11.3 Å². The Morgan fingerprint density at radius 3 is 3.14 bits per heavy atom. The number of hydrogen-bond donors (Lipinski definition) is 2. The normalized spacial score (nSPS) is 21.5. The molecule has 0 bridgehead atoms. The molecule has 2 amide bonds. The first kappa shape index (κ1) is 16.9. The van der Waals surface area contributed by atoms with Gasteiger partial charge in [-0.1, -0.05) is 6.92 Å². The predicted octanol–water partition coefficient (Wildman–Crippen LogP) is 0.485. The van der Waals surface area contributed by atoms with Gasteiger partial charge >= 0.3 is 0 Å². The molecule has 2 heterocycles. The molecule has 0 spiro atoms. The van der Waals surface area contributed by atoms with E-state index in [0.29, 0.717) is 25.3 Å². The second-order valence-corrected chi connectivity index (χ2v) is 6.08. The lowest BCUT2D eigenvalue weighted by Gasteiger charge is -2.31. The number of rotatable bonds is 7. The molecule has 0 aliphatic carbocycles. The van der Waals surface area contributed by atoms with Gasteiger partial charge in [-0.05, 0) is 19.3 Å². The molecule has 7 nitrogen and oxygen atoms in total. The third-order valence-corrected chi connectivity index (χ3v) is 4.21. The van der Waals surface area contributed by atoms with E-state index in [1.54, 1.807) is 5.38 Å². The molecule has 1 aliphatic heterocycles. The van der Waals surface area contributed by atoms with Crippen molar-refractivity contribution in [2.75, 3.05) is 19.8 Å². The molecule has 1 fully saturated rings. The smallest absolute Gasteiger partial charge is 0.271 e. The number of aryl methyl sites for hydroxylation is 1. The minimum atomic E-state index is -0.528. The minimum Gasteiger partial charge on any atom is -0.379 e. The average Bonchev–Trinajstić information content (AvgIpc) is 2.95. The van der Waals surface area contributed by atoms with E-state index in [0.717, 1.165) is 17.8 Å². The molecule has 0 radical (unpaired) electrons. The predicted molar refractivity (Wildman–Crippen MR) is 81.7 cm³/mol. The number of primary amides is 1. The van der Waals surface area contributed by atoms with Gasteiger partial charge in [0, 0.05) is 12.0 Å². The van der Waals surface area contributed by atoms with Crippen molar-refractivity contribution in [2.24, 2.45) is 5.73 Å². The van der Waals surface area contributed by atoms with Crippen molar-refractivity contribution >= 4 is 23.2 Å². The van der Waals surface area contributed by atoms with Crippen molar-refractivity contribution in [3.63, 3.8) is 0 Å². The van der Waals surface area contributed by atoms with Crippen molar-refractivity contribution < 1.29 is 19.1 Å². The molecule has 0 unspecified atom stereocenters. The van der Waals surface area contributed by atoms with E-state index in [1.807, 2.05) is 0 Å². The van der Waals surface area contributed by atoms with Crippen LogP contribution in [-0.4, -0.2) is 48.8 Å². The van der Waals surface area contributed by atoms with Crippen LogP contribution in [-0.2, 0) is 20.7 Å². The fraction of sp³-hybridized carbons (Fsp3) is 0.643. The number of amides is 2. The molecule has 0 aromatic carbocycles. The number of carbonyl (C=O) groups excluding carboxylic acids is 2. The fourth-order valence-corrected chi connectivity index (χ4v) is 3.11. The summed E-state index contributed by atoms with van der Waals surface area (Å²) in [6, 6.07) is -0.308. The van der Waals surface area contributed by atoms with Gasteiger partial charge in [-0.2, -0.15) is 0 Å². The van der Waals surface area contributed by atoms with E-state index < -0.39 is 5.91 Å². The van der Waals surface area contributed by atoms with Gasteiger partial charge in [-0.15, -0.1) is 11.3 Å². The fourth-order valence-electron chi connectivity index (χ4n) is 2.23. The summed E-state index contributed by atoms with van der Waals surface area (Å²) in [6.45, 7) is 2.80. The number of nitrogens with zero attached hydrogens (tertiary/aromatic N) is 1. The van der Waals surface area contributed by atoms with E-state index >= 15 is 0 Å². The van der Waals surface area contributed by atoms with Gasteiger partial charge in [0.15, 0.2) is 0 Å². The van der Waals surface area contributed by atoms with Crippen LogP contribution in [0.4, 0.5) is 0 Å². The highest BCUT2D eigenvalue weighted by Crippen LogP contribution is 2.15. The molecule has 2 atom stereocenters. The summed E-state index contributed by atoms with van der Waals surface area (Å²) in [5.41, 5.74) is 5.50. The molecule has 122 valence electrons. The van der Waals surface area contributed by atoms with E-state index in [2.05, 4.69) is 17.2 Å². The Hall–Kier alpha value is -1.51. The summed E-state index contributed by atoms with van der Waals surface area (Å²) in [5, 5.41) is 5.57. The highest BCUT2D eigenvalue weighted by Gasteiger charge is 2.29. The maximum Gasteiger partial charge on any atom is 0.271 e. The molecular formula is C14H21N3O4S. The summed E-state index contributed by atoms with van der Waals surface area (Å²) >= 11 is 1.48. The highest BCUT2D eigenvalue weighted by atomic mass is 32.1. The van der Waals surface area contributed by atoms with Crippen LogP contribution < -0.4 is 11.1 Å². The molecule has 8 heteroatoms. The van der Waals surface area contributed by atoms with Crippen LogP contribution in [0.15, 0.2) is 5.38 Å². The Labute approximate surface area is 133 Å². The zero-order valence-electron chi connectivity index (χ0n) is 12.5. The molecule has 1 aromatic rings. The number of carbonyl (C=O) groups is 2. The zero-order chi connectivity index (χ0) is 15.9. The minimum absolute atomic E-state index is 0.158. The van der Waals surface area contributed by atoms with E-state index in [4.69, 9.17) is 15.2 Å². The molecule has 1 saturated heterocycles. The Balaban J connectivity index is 1.93. The topological polar surface area (TPSA) is 104 Å². The summed E-state index contributed by atoms with van der Waals surface area (Å²) < 4.78 is 10.8. The lowest BCUT2D eigenvalue weighted by molar-refractivity contribution is -0.128.